The minimum Gasteiger partial charge on any atom is -0.476 e. The van der Waals surface area contributed by atoms with E-state index in [9.17, 15) is 4.79 Å². The Morgan fingerprint density at radius 1 is 1.47 bits per heavy atom. The molecule has 0 fully saturated rings. The third kappa shape index (κ3) is 4.40. The fourth-order valence-electron chi connectivity index (χ4n) is 1.29. The van der Waals surface area contributed by atoms with E-state index in [1.54, 1.807) is 18.3 Å². The summed E-state index contributed by atoms with van der Waals surface area (Å²) in [5, 5.41) is 3.20. The van der Waals surface area contributed by atoms with Crippen molar-refractivity contribution in [2.45, 2.75) is 13.3 Å². The van der Waals surface area contributed by atoms with Crippen molar-refractivity contribution in [3.05, 3.63) is 23.9 Å². The van der Waals surface area contributed by atoms with Crippen molar-refractivity contribution in [2.75, 3.05) is 26.8 Å². The summed E-state index contributed by atoms with van der Waals surface area (Å²) in [5.41, 5.74) is 0.352. The van der Waals surface area contributed by atoms with E-state index in [1.165, 1.54) is 7.11 Å². The summed E-state index contributed by atoms with van der Waals surface area (Å²) in [6, 6.07) is 3.31. The van der Waals surface area contributed by atoms with Gasteiger partial charge < -0.3 is 14.8 Å². The van der Waals surface area contributed by atoms with Gasteiger partial charge in [0.1, 0.15) is 12.2 Å². The van der Waals surface area contributed by atoms with Crippen LogP contribution < -0.4 is 10.1 Å². The van der Waals surface area contributed by atoms with Crippen LogP contribution in [-0.4, -0.2) is 37.8 Å². The normalized spacial score (nSPS) is 10.0. The third-order valence-electron chi connectivity index (χ3n) is 2.12. The summed E-state index contributed by atoms with van der Waals surface area (Å²) in [6.45, 7) is 4.25. The second-order valence-corrected chi connectivity index (χ2v) is 3.45. The van der Waals surface area contributed by atoms with Gasteiger partial charge in [0.05, 0.1) is 7.11 Å². The molecule has 1 aromatic heterocycles. The van der Waals surface area contributed by atoms with Gasteiger partial charge in [-0.3, -0.25) is 0 Å². The van der Waals surface area contributed by atoms with Crippen molar-refractivity contribution in [3.63, 3.8) is 0 Å². The number of aromatic nitrogens is 1. The molecule has 0 unspecified atom stereocenters. The smallest absolute Gasteiger partial charge is 0.343 e. The number of rotatable bonds is 7. The van der Waals surface area contributed by atoms with Gasteiger partial charge in [0, 0.05) is 12.7 Å². The van der Waals surface area contributed by atoms with Crippen molar-refractivity contribution in [1.29, 1.82) is 0 Å². The van der Waals surface area contributed by atoms with Crippen LogP contribution in [0.4, 0.5) is 0 Å². The van der Waals surface area contributed by atoms with E-state index < -0.39 is 5.97 Å². The fraction of sp³-hybridized carbons (Fsp3) is 0.500. The molecule has 5 nitrogen and oxygen atoms in total. The summed E-state index contributed by atoms with van der Waals surface area (Å²) >= 11 is 0. The molecule has 0 radical (unpaired) electrons. The van der Waals surface area contributed by atoms with Crippen molar-refractivity contribution < 1.29 is 14.3 Å². The summed E-state index contributed by atoms with van der Waals surface area (Å²) in [4.78, 5) is 15.4. The molecule has 1 aromatic rings. The van der Waals surface area contributed by atoms with Crippen LogP contribution in [-0.2, 0) is 4.74 Å². The average Bonchev–Trinajstić information content (AvgIpc) is 2.38. The maximum atomic E-state index is 11.4. The fourth-order valence-corrected chi connectivity index (χ4v) is 1.29. The number of hydrogen-bond donors (Lipinski definition) is 1. The molecule has 1 N–H and O–H groups in total. The molecule has 94 valence electrons. The van der Waals surface area contributed by atoms with Gasteiger partial charge in [-0.15, -0.1) is 0 Å². The molecular formula is C12H18N2O3. The lowest BCUT2D eigenvalue weighted by molar-refractivity contribution is 0.0595. The third-order valence-corrected chi connectivity index (χ3v) is 2.12. The number of carbonyl (C=O) groups excluding carboxylic acids is 1. The van der Waals surface area contributed by atoms with E-state index in [2.05, 4.69) is 22.0 Å². The first kappa shape index (κ1) is 13.4. The SMILES string of the molecule is CCCNCCOc1ncccc1C(=O)OC. The summed E-state index contributed by atoms with van der Waals surface area (Å²) < 4.78 is 10.1. The van der Waals surface area contributed by atoms with Crippen LogP contribution >= 0.6 is 0 Å². The second kappa shape index (κ2) is 7.62. The number of pyridine rings is 1. The van der Waals surface area contributed by atoms with E-state index in [4.69, 9.17) is 4.74 Å². The number of carbonyl (C=O) groups is 1. The first-order valence-electron chi connectivity index (χ1n) is 5.66. The van der Waals surface area contributed by atoms with Crippen molar-refractivity contribution in [2.24, 2.45) is 0 Å². The second-order valence-electron chi connectivity index (χ2n) is 3.45. The molecule has 5 heteroatoms. The van der Waals surface area contributed by atoms with E-state index in [1.807, 2.05) is 0 Å². The lowest BCUT2D eigenvalue weighted by Gasteiger charge is -2.09. The summed E-state index contributed by atoms with van der Waals surface area (Å²) in [6.07, 6.45) is 2.66. The Hall–Kier alpha value is -1.62. The first-order valence-corrected chi connectivity index (χ1v) is 5.66. The molecule has 1 heterocycles. The maximum Gasteiger partial charge on any atom is 0.343 e. The molecular weight excluding hydrogens is 220 g/mol. The molecule has 0 spiro atoms. The van der Waals surface area contributed by atoms with Crippen LogP contribution in [0.15, 0.2) is 18.3 Å². The molecule has 0 amide bonds. The van der Waals surface area contributed by atoms with E-state index >= 15 is 0 Å². The number of nitrogens with one attached hydrogen (secondary N) is 1. The van der Waals surface area contributed by atoms with Crippen LogP contribution in [0.2, 0.25) is 0 Å². The van der Waals surface area contributed by atoms with Crippen LogP contribution in [0.5, 0.6) is 5.88 Å². The van der Waals surface area contributed by atoms with Crippen LogP contribution in [0.25, 0.3) is 0 Å². The van der Waals surface area contributed by atoms with Gasteiger partial charge in [0.2, 0.25) is 5.88 Å². The monoisotopic (exact) mass is 238 g/mol. The zero-order valence-corrected chi connectivity index (χ0v) is 10.2. The largest absolute Gasteiger partial charge is 0.476 e. The zero-order valence-electron chi connectivity index (χ0n) is 10.2. The number of hydrogen-bond acceptors (Lipinski definition) is 5. The van der Waals surface area contributed by atoms with E-state index in [0.29, 0.717) is 18.1 Å². The van der Waals surface area contributed by atoms with Crippen molar-refractivity contribution in [1.82, 2.24) is 10.3 Å². The van der Waals surface area contributed by atoms with Crippen LogP contribution in [0.1, 0.15) is 23.7 Å². The Morgan fingerprint density at radius 3 is 3.00 bits per heavy atom. The summed E-state index contributed by atoms with van der Waals surface area (Å²) in [5.74, 6) is -0.118. The lowest BCUT2D eigenvalue weighted by Crippen LogP contribution is -2.22. The topological polar surface area (TPSA) is 60.5 Å². The number of ether oxygens (including phenoxy) is 2. The maximum absolute atomic E-state index is 11.4. The zero-order chi connectivity index (χ0) is 12.5. The van der Waals surface area contributed by atoms with Crippen molar-refractivity contribution in [3.8, 4) is 5.88 Å². The highest BCUT2D eigenvalue weighted by Crippen LogP contribution is 2.14. The minimum atomic E-state index is -0.436. The molecule has 0 saturated heterocycles. The summed E-state index contributed by atoms with van der Waals surface area (Å²) in [7, 11) is 1.34. The van der Waals surface area contributed by atoms with Gasteiger partial charge in [0.25, 0.3) is 0 Å². The minimum absolute atomic E-state index is 0.317. The molecule has 0 aliphatic carbocycles. The van der Waals surface area contributed by atoms with Gasteiger partial charge in [-0.05, 0) is 25.1 Å². The molecule has 0 aliphatic rings. The van der Waals surface area contributed by atoms with Gasteiger partial charge in [-0.1, -0.05) is 6.92 Å². The van der Waals surface area contributed by atoms with Crippen LogP contribution in [0, 0.1) is 0 Å². The highest BCUT2D eigenvalue weighted by Gasteiger charge is 2.13. The molecule has 0 saturated carbocycles. The predicted octanol–water partition coefficient (Wildman–Crippen LogP) is 1.25. The quantitative estimate of drug-likeness (QED) is 0.572. The molecule has 1 rings (SSSR count). The molecule has 0 aromatic carbocycles. The lowest BCUT2D eigenvalue weighted by atomic mass is 10.3. The molecule has 17 heavy (non-hydrogen) atoms. The predicted molar refractivity (Wildman–Crippen MR) is 64.2 cm³/mol. The molecule has 0 aliphatic heterocycles. The first-order chi connectivity index (χ1) is 8.29. The Bertz CT molecular complexity index is 355. The Morgan fingerprint density at radius 2 is 2.29 bits per heavy atom. The Kier molecular flexibility index (Phi) is 6.03. The average molecular weight is 238 g/mol. The highest BCUT2D eigenvalue weighted by atomic mass is 16.5. The van der Waals surface area contributed by atoms with Gasteiger partial charge in [-0.2, -0.15) is 0 Å². The number of nitrogens with zero attached hydrogens (tertiary/aromatic N) is 1. The molecule has 0 bridgehead atoms. The number of methoxy groups -OCH3 is 1. The molecule has 0 atom stereocenters. The Labute approximate surface area is 101 Å². The standard InChI is InChI=1S/C12H18N2O3/c1-3-6-13-8-9-17-11-10(12(15)16-2)5-4-7-14-11/h4-5,7,13H,3,6,8-9H2,1-2H3. The van der Waals surface area contributed by atoms with Gasteiger partial charge in [-0.25, -0.2) is 9.78 Å². The van der Waals surface area contributed by atoms with Gasteiger partial charge >= 0.3 is 5.97 Å². The van der Waals surface area contributed by atoms with Crippen molar-refractivity contribution >= 4 is 5.97 Å². The Balaban J connectivity index is 2.49. The highest BCUT2D eigenvalue weighted by molar-refractivity contribution is 5.91. The van der Waals surface area contributed by atoms with E-state index in [0.717, 1.165) is 19.5 Å². The van der Waals surface area contributed by atoms with Crippen LogP contribution in [0.3, 0.4) is 0 Å². The van der Waals surface area contributed by atoms with E-state index in [-0.39, 0.29) is 0 Å². The number of esters is 1. The van der Waals surface area contributed by atoms with Gasteiger partial charge in [0.15, 0.2) is 0 Å².